The first-order valence-corrected chi connectivity index (χ1v) is 14.4. The number of piperazine rings is 1. The number of halogens is 1. The summed E-state index contributed by atoms with van der Waals surface area (Å²) in [5, 5.41) is 8.56. The van der Waals surface area contributed by atoms with E-state index in [9.17, 15) is 9.59 Å². The van der Waals surface area contributed by atoms with Crippen molar-refractivity contribution in [2.45, 2.75) is 13.3 Å². The predicted octanol–water partition coefficient (Wildman–Crippen LogP) is 6.37. The number of rotatable bonds is 7. The summed E-state index contributed by atoms with van der Waals surface area (Å²) in [6, 6.07) is 26.3. The van der Waals surface area contributed by atoms with Crippen molar-refractivity contribution in [2.75, 3.05) is 43.0 Å². The van der Waals surface area contributed by atoms with Gasteiger partial charge in [0, 0.05) is 43.0 Å². The van der Waals surface area contributed by atoms with Crippen molar-refractivity contribution >= 4 is 62.9 Å². The summed E-state index contributed by atoms with van der Waals surface area (Å²) in [4.78, 5) is 29.8. The highest BCUT2D eigenvalue weighted by molar-refractivity contribution is 7.80. The second-order valence-corrected chi connectivity index (χ2v) is 10.6. The fourth-order valence-corrected chi connectivity index (χ4v) is 5.27. The Morgan fingerprint density at radius 2 is 1.59 bits per heavy atom. The lowest BCUT2D eigenvalue weighted by molar-refractivity contribution is 0.0746. The molecule has 0 bridgehead atoms. The molecule has 4 aromatic rings. The second kappa shape index (κ2) is 13.0. The molecule has 1 aliphatic rings. The Bertz CT molecular complexity index is 1570. The Morgan fingerprint density at radius 1 is 0.878 bits per heavy atom. The Balaban J connectivity index is 1.14. The quantitative estimate of drug-likeness (QED) is 0.245. The standard InChI is InChI=1S/C32H31ClN4O3S/c1-2-19-40-27-12-9-23(10-13-27)31(39)37-17-15-36(16-18-37)29-14-11-26(21-28(29)33)34-32(41)35-30(38)25-8-7-22-5-3-4-6-24(22)20-25/h3-14,20-21H,2,15-19H2,1H3,(H2,34,35,38,41). The molecule has 1 fully saturated rings. The number of carbonyl (C=O) groups excluding carboxylic acids is 2. The zero-order valence-electron chi connectivity index (χ0n) is 22.7. The lowest BCUT2D eigenvalue weighted by Gasteiger charge is -2.36. The first kappa shape index (κ1) is 28.4. The number of benzene rings is 4. The highest BCUT2D eigenvalue weighted by atomic mass is 35.5. The van der Waals surface area contributed by atoms with E-state index in [4.69, 9.17) is 28.6 Å². The molecule has 1 heterocycles. The third kappa shape index (κ3) is 6.96. The summed E-state index contributed by atoms with van der Waals surface area (Å²) in [5.74, 6) is 0.495. The van der Waals surface area contributed by atoms with E-state index in [0.29, 0.717) is 54.6 Å². The van der Waals surface area contributed by atoms with Gasteiger partial charge in [0.25, 0.3) is 11.8 Å². The van der Waals surface area contributed by atoms with Gasteiger partial charge in [-0.3, -0.25) is 14.9 Å². The van der Waals surface area contributed by atoms with Crippen LogP contribution in [0.15, 0.2) is 84.9 Å². The normalized spacial score (nSPS) is 13.1. The predicted molar refractivity (Wildman–Crippen MR) is 169 cm³/mol. The zero-order valence-corrected chi connectivity index (χ0v) is 24.3. The average Bonchev–Trinajstić information content (AvgIpc) is 3.00. The smallest absolute Gasteiger partial charge is 0.257 e. The summed E-state index contributed by atoms with van der Waals surface area (Å²) in [7, 11) is 0. The van der Waals surface area contributed by atoms with Gasteiger partial charge < -0.3 is 19.9 Å². The highest BCUT2D eigenvalue weighted by Gasteiger charge is 2.23. The molecule has 0 atom stereocenters. The average molecular weight is 587 g/mol. The molecule has 0 saturated carbocycles. The number of fused-ring (bicyclic) bond motifs is 1. The molecule has 0 aromatic heterocycles. The number of anilines is 2. The van der Waals surface area contributed by atoms with Crippen molar-refractivity contribution in [1.29, 1.82) is 0 Å². The number of nitrogens with zero attached hydrogens (tertiary/aromatic N) is 2. The van der Waals surface area contributed by atoms with E-state index in [1.165, 1.54) is 0 Å². The van der Waals surface area contributed by atoms with E-state index in [-0.39, 0.29) is 16.9 Å². The molecule has 0 radical (unpaired) electrons. The zero-order chi connectivity index (χ0) is 28.8. The van der Waals surface area contributed by atoms with Gasteiger partial charge in [-0.2, -0.15) is 0 Å². The monoisotopic (exact) mass is 586 g/mol. The van der Waals surface area contributed by atoms with Gasteiger partial charge in [0.2, 0.25) is 0 Å². The number of carbonyl (C=O) groups is 2. The molecule has 7 nitrogen and oxygen atoms in total. The summed E-state index contributed by atoms with van der Waals surface area (Å²) >= 11 is 12.0. The minimum Gasteiger partial charge on any atom is -0.494 e. The molecule has 4 aromatic carbocycles. The minimum absolute atomic E-state index is 0.0107. The Morgan fingerprint density at radius 3 is 2.29 bits per heavy atom. The molecule has 2 amide bonds. The molecule has 0 aliphatic carbocycles. The van der Waals surface area contributed by atoms with Gasteiger partial charge in [0.1, 0.15) is 5.75 Å². The van der Waals surface area contributed by atoms with Gasteiger partial charge in [-0.15, -0.1) is 0 Å². The van der Waals surface area contributed by atoms with Crippen LogP contribution in [0.2, 0.25) is 5.02 Å². The Labute approximate surface area is 250 Å². The Kier molecular flexibility index (Phi) is 9.01. The van der Waals surface area contributed by atoms with Gasteiger partial charge in [0.05, 0.1) is 17.3 Å². The Hall–Kier alpha value is -4.14. The van der Waals surface area contributed by atoms with Crippen LogP contribution in [0.5, 0.6) is 5.75 Å². The van der Waals surface area contributed by atoms with Crippen LogP contribution in [-0.4, -0.2) is 54.6 Å². The number of nitrogens with one attached hydrogen (secondary N) is 2. The van der Waals surface area contributed by atoms with Crippen molar-refractivity contribution in [3.8, 4) is 5.75 Å². The van der Waals surface area contributed by atoms with Crippen LogP contribution in [-0.2, 0) is 0 Å². The molecule has 0 unspecified atom stereocenters. The summed E-state index contributed by atoms with van der Waals surface area (Å²) < 4.78 is 5.61. The van der Waals surface area contributed by atoms with Gasteiger partial charge >= 0.3 is 0 Å². The van der Waals surface area contributed by atoms with Gasteiger partial charge in [-0.05, 0) is 84.0 Å². The molecule has 41 heavy (non-hydrogen) atoms. The number of thiocarbonyl (C=S) groups is 1. The minimum atomic E-state index is -0.288. The van der Waals surface area contributed by atoms with Crippen molar-refractivity contribution in [3.63, 3.8) is 0 Å². The maximum absolute atomic E-state index is 13.0. The maximum atomic E-state index is 13.0. The van der Waals surface area contributed by atoms with E-state index >= 15 is 0 Å². The van der Waals surface area contributed by atoms with Gasteiger partial charge in [0.15, 0.2) is 5.11 Å². The van der Waals surface area contributed by atoms with Crippen molar-refractivity contribution in [2.24, 2.45) is 0 Å². The molecule has 210 valence electrons. The van der Waals surface area contributed by atoms with E-state index < -0.39 is 0 Å². The van der Waals surface area contributed by atoms with Crippen molar-refractivity contribution in [1.82, 2.24) is 10.2 Å². The number of hydrogen-bond acceptors (Lipinski definition) is 5. The maximum Gasteiger partial charge on any atom is 0.257 e. The highest BCUT2D eigenvalue weighted by Crippen LogP contribution is 2.30. The summed E-state index contributed by atoms with van der Waals surface area (Å²) in [5.41, 5.74) is 2.73. The lowest BCUT2D eigenvalue weighted by atomic mass is 10.1. The second-order valence-electron chi connectivity index (χ2n) is 9.79. The van der Waals surface area contributed by atoms with Crippen LogP contribution in [0.1, 0.15) is 34.1 Å². The molecule has 0 spiro atoms. The van der Waals surface area contributed by atoms with E-state index in [1.807, 2.05) is 77.7 Å². The summed E-state index contributed by atoms with van der Waals surface area (Å²) in [6.45, 7) is 5.22. The lowest BCUT2D eigenvalue weighted by Crippen LogP contribution is -2.48. The fraction of sp³-hybridized carbons (Fsp3) is 0.219. The third-order valence-electron chi connectivity index (χ3n) is 6.93. The first-order valence-electron chi connectivity index (χ1n) is 13.6. The van der Waals surface area contributed by atoms with Crippen molar-refractivity contribution < 1.29 is 14.3 Å². The number of amides is 2. The van der Waals surface area contributed by atoms with Gasteiger partial charge in [-0.1, -0.05) is 48.9 Å². The van der Waals surface area contributed by atoms with Crippen LogP contribution in [0, 0.1) is 0 Å². The largest absolute Gasteiger partial charge is 0.494 e. The van der Waals surface area contributed by atoms with E-state index in [1.54, 1.807) is 12.1 Å². The molecular formula is C32H31ClN4O3S. The van der Waals surface area contributed by atoms with Crippen LogP contribution >= 0.6 is 23.8 Å². The van der Waals surface area contributed by atoms with Crippen LogP contribution < -0.4 is 20.3 Å². The fourth-order valence-electron chi connectivity index (χ4n) is 4.76. The summed E-state index contributed by atoms with van der Waals surface area (Å²) in [6.07, 6.45) is 0.937. The first-order chi connectivity index (χ1) is 19.9. The molecule has 1 aliphatic heterocycles. The number of hydrogen-bond donors (Lipinski definition) is 2. The van der Waals surface area contributed by atoms with E-state index in [0.717, 1.165) is 28.6 Å². The molecular weight excluding hydrogens is 556 g/mol. The SMILES string of the molecule is CCCOc1ccc(C(=O)N2CCN(c3ccc(NC(=S)NC(=O)c4ccc5ccccc5c4)cc3Cl)CC2)cc1. The third-order valence-corrected chi connectivity index (χ3v) is 7.43. The van der Waals surface area contributed by atoms with Gasteiger partial charge in [-0.25, -0.2) is 0 Å². The number of ether oxygens (including phenoxy) is 1. The van der Waals surface area contributed by atoms with E-state index in [2.05, 4.69) is 22.5 Å². The van der Waals surface area contributed by atoms with Crippen LogP contribution in [0.25, 0.3) is 10.8 Å². The molecule has 1 saturated heterocycles. The molecule has 9 heteroatoms. The molecule has 2 N–H and O–H groups in total. The van der Waals surface area contributed by atoms with Crippen molar-refractivity contribution in [3.05, 3.63) is 101 Å². The van der Waals surface area contributed by atoms with Crippen LogP contribution in [0.3, 0.4) is 0 Å². The molecule has 5 rings (SSSR count). The topological polar surface area (TPSA) is 73.9 Å². The van der Waals surface area contributed by atoms with Crippen LogP contribution in [0.4, 0.5) is 11.4 Å².